The van der Waals surface area contributed by atoms with Crippen LogP contribution in [0.15, 0.2) is 47.4 Å². The normalized spacial score (nSPS) is 11.3. The van der Waals surface area contributed by atoms with Crippen molar-refractivity contribution >= 4 is 27.3 Å². The molecule has 0 spiro atoms. The average molecular weight is 315 g/mol. The van der Waals surface area contributed by atoms with E-state index in [4.69, 9.17) is 17.3 Å². The van der Waals surface area contributed by atoms with E-state index in [1.807, 2.05) is 0 Å². The molecule has 0 heterocycles. The van der Waals surface area contributed by atoms with Gasteiger partial charge in [-0.2, -0.15) is 0 Å². The summed E-state index contributed by atoms with van der Waals surface area (Å²) in [6.45, 7) is -0.0770. The maximum Gasteiger partial charge on any atom is 0.261 e. The van der Waals surface area contributed by atoms with Crippen LogP contribution in [0.5, 0.6) is 0 Å². The Hall–Kier alpha value is -1.63. The number of nitrogens with two attached hydrogens (primary N) is 1. The van der Waals surface area contributed by atoms with Crippen LogP contribution in [-0.2, 0) is 16.6 Å². The molecule has 3 N–H and O–H groups in total. The zero-order chi connectivity index (χ0) is 14.8. The largest absolute Gasteiger partial charge is 0.326 e. The van der Waals surface area contributed by atoms with Crippen LogP contribution in [0.25, 0.3) is 0 Å². The summed E-state index contributed by atoms with van der Waals surface area (Å²) < 4.78 is 40.0. The van der Waals surface area contributed by atoms with Gasteiger partial charge in [0.15, 0.2) is 0 Å². The molecule has 0 atom stereocenters. The Balaban J connectivity index is 2.35. The molecule has 0 aliphatic rings. The Bertz CT molecular complexity index is 735. The van der Waals surface area contributed by atoms with Gasteiger partial charge in [-0.25, -0.2) is 12.8 Å². The fourth-order valence-electron chi connectivity index (χ4n) is 1.64. The number of anilines is 1. The predicted molar refractivity (Wildman–Crippen MR) is 76.6 cm³/mol. The molecule has 0 aliphatic carbocycles. The Morgan fingerprint density at radius 3 is 2.60 bits per heavy atom. The van der Waals surface area contributed by atoms with Crippen molar-refractivity contribution in [3.8, 4) is 0 Å². The molecule has 0 unspecified atom stereocenters. The van der Waals surface area contributed by atoms with E-state index in [1.165, 1.54) is 18.2 Å². The van der Waals surface area contributed by atoms with Gasteiger partial charge in [-0.1, -0.05) is 17.7 Å². The maximum atomic E-state index is 13.3. The third kappa shape index (κ3) is 3.27. The number of hydrogen-bond donors (Lipinski definition) is 2. The molecule has 0 aliphatic heterocycles. The molecule has 0 aromatic heterocycles. The van der Waals surface area contributed by atoms with Gasteiger partial charge >= 0.3 is 0 Å². The lowest BCUT2D eigenvalue weighted by atomic mass is 10.2. The van der Waals surface area contributed by atoms with E-state index in [-0.39, 0.29) is 17.0 Å². The van der Waals surface area contributed by atoms with E-state index in [2.05, 4.69) is 4.72 Å². The monoisotopic (exact) mass is 314 g/mol. The van der Waals surface area contributed by atoms with Gasteiger partial charge < -0.3 is 5.73 Å². The van der Waals surface area contributed by atoms with Crippen LogP contribution in [-0.4, -0.2) is 8.42 Å². The van der Waals surface area contributed by atoms with Gasteiger partial charge in [-0.05, 0) is 36.4 Å². The minimum atomic E-state index is -3.81. The fraction of sp³-hybridized carbons (Fsp3) is 0.0769. The van der Waals surface area contributed by atoms with Crippen molar-refractivity contribution in [2.24, 2.45) is 5.73 Å². The predicted octanol–water partition coefficient (Wildman–Crippen LogP) is 2.74. The van der Waals surface area contributed by atoms with Gasteiger partial charge in [0.05, 0.1) is 10.6 Å². The highest BCUT2D eigenvalue weighted by Gasteiger charge is 2.16. The lowest BCUT2D eigenvalue weighted by molar-refractivity contribution is 0.596. The highest BCUT2D eigenvalue weighted by molar-refractivity contribution is 7.92. The van der Waals surface area contributed by atoms with E-state index in [0.29, 0.717) is 10.7 Å². The summed E-state index contributed by atoms with van der Waals surface area (Å²) in [5, 5.41) is 0.409. The zero-order valence-electron chi connectivity index (χ0n) is 10.3. The van der Waals surface area contributed by atoms with E-state index < -0.39 is 15.8 Å². The molecule has 0 radical (unpaired) electrons. The second kappa shape index (κ2) is 5.78. The number of benzene rings is 2. The van der Waals surface area contributed by atoms with Crippen LogP contribution < -0.4 is 10.5 Å². The highest BCUT2D eigenvalue weighted by atomic mass is 35.5. The van der Waals surface area contributed by atoms with Crippen molar-refractivity contribution in [1.29, 1.82) is 0 Å². The molecule has 2 rings (SSSR count). The molecule has 0 amide bonds. The summed E-state index contributed by atoms with van der Waals surface area (Å²) in [7, 11) is -3.81. The number of nitrogens with one attached hydrogen (secondary N) is 1. The quantitative estimate of drug-likeness (QED) is 0.911. The minimum Gasteiger partial charge on any atom is -0.326 e. The van der Waals surface area contributed by atoms with Gasteiger partial charge in [0.2, 0.25) is 0 Å². The lowest BCUT2D eigenvalue weighted by Gasteiger charge is -2.09. The molecule has 4 nitrogen and oxygen atoms in total. The molecule has 2 aromatic rings. The molecule has 106 valence electrons. The summed E-state index contributed by atoms with van der Waals surface area (Å²) >= 11 is 5.79. The molecule has 0 saturated carbocycles. The van der Waals surface area contributed by atoms with E-state index in [9.17, 15) is 12.8 Å². The highest BCUT2D eigenvalue weighted by Crippen LogP contribution is 2.21. The second-order valence-electron chi connectivity index (χ2n) is 4.07. The van der Waals surface area contributed by atoms with Crippen LogP contribution in [0.2, 0.25) is 5.02 Å². The van der Waals surface area contributed by atoms with Crippen molar-refractivity contribution in [2.45, 2.75) is 11.4 Å². The first-order valence-electron chi connectivity index (χ1n) is 5.69. The number of sulfonamides is 1. The Labute approximate surface area is 121 Å². The van der Waals surface area contributed by atoms with Crippen molar-refractivity contribution in [1.82, 2.24) is 0 Å². The van der Waals surface area contributed by atoms with Crippen molar-refractivity contribution in [3.05, 3.63) is 58.9 Å². The molecule has 7 heteroatoms. The van der Waals surface area contributed by atoms with Crippen LogP contribution in [0.1, 0.15) is 5.56 Å². The molecular formula is C13H12ClFN2O2S. The summed E-state index contributed by atoms with van der Waals surface area (Å²) in [6.07, 6.45) is 0. The van der Waals surface area contributed by atoms with Crippen molar-refractivity contribution in [3.63, 3.8) is 0 Å². The third-order valence-electron chi connectivity index (χ3n) is 2.62. The maximum absolute atomic E-state index is 13.3. The fourth-order valence-corrected chi connectivity index (χ4v) is 2.93. The summed E-state index contributed by atoms with van der Waals surface area (Å²) in [6, 6.07) is 9.77. The zero-order valence-corrected chi connectivity index (χ0v) is 11.9. The topological polar surface area (TPSA) is 72.2 Å². The van der Waals surface area contributed by atoms with Gasteiger partial charge in [0, 0.05) is 17.1 Å². The van der Waals surface area contributed by atoms with Crippen LogP contribution in [0, 0.1) is 5.82 Å². The average Bonchev–Trinajstić information content (AvgIpc) is 2.38. The van der Waals surface area contributed by atoms with Crippen LogP contribution >= 0.6 is 11.6 Å². The van der Waals surface area contributed by atoms with Crippen molar-refractivity contribution < 1.29 is 12.8 Å². The van der Waals surface area contributed by atoms with Gasteiger partial charge in [0.1, 0.15) is 5.82 Å². The summed E-state index contributed by atoms with van der Waals surface area (Å²) in [4.78, 5) is -0.0562. The van der Waals surface area contributed by atoms with Crippen LogP contribution in [0.3, 0.4) is 0 Å². The summed E-state index contributed by atoms with van der Waals surface area (Å²) in [5.74, 6) is -0.533. The van der Waals surface area contributed by atoms with E-state index in [1.54, 1.807) is 18.2 Å². The molecule has 0 bridgehead atoms. The van der Waals surface area contributed by atoms with Crippen LogP contribution in [0.4, 0.5) is 10.1 Å². The number of halogens is 2. The molecule has 0 fully saturated rings. The first-order valence-corrected chi connectivity index (χ1v) is 7.55. The Morgan fingerprint density at radius 2 is 1.95 bits per heavy atom. The smallest absolute Gasteiger partial charge is 0.261 e. The Kier molecular flexibility index (Phi) is 4.27. The molecule has 2 aromatic carbocycles. The summed E-state index contributed by atoms with van der Waals surface area (Å²) in [5.41, 5.74) is 5.83. The van der Waals surface area contributed by atoms with Gasteiger partial charge in [-0.15, -0.1) is 0 Å². The standard InChI is InChI=1S/C13H12ClFN2O2S/c14-10-2-1-3-11(7-10)17-20(18,19)12-4-5-13(15)9(6-12)8-16/h1-7,17H,8,16H2. The third-order valence-corrected chi connectivity index (χ3v) is 4.24. The van der Waals surface area contributed by atoms with E-state index >= 15 is 0 Å². The molecular weight excluding hydrogens is 303 g/mol. The molecule has 0 saturated heterocycles. The number of hydrogen-bond acceptors (Lipinski definition) is 3. The first-order chi connectivity index (χ1) is 9.42. The lowest BCUT2D eigenvalue weighted by Crippen LogP contribution is -2.14. The number of rotatable bonds is 4. The molecule has 20 heavy (non-hydrogen) atoms. The first kappa shape index (κ1) is 14.8. The minimum absolute atomic E-state index is 0.0562. The Morgan fingerprint density at radius 1 is 1.20 bits per heavy atom. The SMILES string of the molecule is NCc1cc(S(=O)(=O)Nc2cccc(Cl)c2)ccc1F. The second-order valence-corrected chi connectivity index (χ2v) is 6.19. The van der Waals surface area contributed by atoms with Gasteiger partial charge in [0.25, 0.3) is 10.0 Å². The van der Waals surface area contributed by atoms with E-state index in [0.717, 1.165) is 6.07 Å². The van der Waals surface area contributed by atoms with Crippen molar-refractivity contribution in [2.75, 3.05) is 4.72 Å². The van der Waals surface area contributed by atoms with Gasteiger partial charge in [-0.3, -0.25) is 4.72 Å².